The topological polar surface area (TPSA) is 69.9 Å². The second-order valence-electron chi connectivity index (χ2n) is 14.4. The van der Waals surface area contributed by atoms with Crippen molar-refractivity contribution in [2.24, 2.45) is 0 Å². The van der Waals surface area contributed by atoms with Crippen LogP contribution < -0.4 is 0 Å². The van der Waals surface area contributed by atoms with Crippen LogP contribution in [0.1, 0.15) is 0 Å². The van der Waals surface area contributed by atoms with Crippen LogP contribution >= 0.6 is 0 Å². The number of rotatable bonds is 5. The molecule has 0 amide bonds. The third-order valence-electron chi connectivity index (χ3n) is 11.1. The van der Waals surface area contributed by atoms with Crippen LogP contribution in [-0.2, 0) is 0 Å². The van der Waals surface area contributed by atoms with Crippen molar-refractivity contribution in [1.82, 2.24) is 19.5 Å². The van der Waals surface area contributed by atoms with E-state index in [-0.39, 0.29) is 0 Å². The zero-order valence-electron chi connectivity index (χ0n) is 30.4. The van der Waals surface area contributed by atoms with Crippen LogP contribution in [0.3, 0.4) is 0 Å². The summed E-state index contributed by atoms with van der Waals surface area (Å²) >= 11 is 0. The van der Waals surface area contributed by atoms with Gasteiger partial charge in [0.2, 0.25) is 0 Å². The standard InChI is InChI=1S/C51H30N4O2/c1-3-12-31(13-4-1)33-22-25-38-39-26-23-34(29-46(39)57-45(38)28-33)50-52-49(32-14-5-2-6-15-32)53-51(54-50)41-18-11-21-44-48(41)40-27-24-35(30-47(40)56-44)55-42-19-9-7-16-36(42)37-17-8-10-20-43(37)55/h1-30H. The Balaban J connectivity index is 1.02. The molecule has 0 bridgehead atoms. The number of para-hydroxylation sites is 2. The molecule has 57 heavy (non-hydrogen) atoms. The van der Waals surface area contributed by atoms with Crippen LogP contribution in [0.25, 0.3) is 117 Å². The van der Waals surface area contributed by atoms with Gasteiger partial charge >= 0.3 is 0 Å². The molecule has 266 valence electrons. The van der Waals surface area contributed by atoms with Gasteiger partial charge in [-0.3, -0.25) is 0 Å². The van der Waals surface area contributed by atoms with E-state index in [1.807, 2.05) is 54.6 Å². The highest BCUT2D eigenvalue weighted by Crippen LogP contribution is 2.40. The maximum Gasteiger partial charge on any atom is 0.164 e. The molecule has 0 atom stereocenters. The van der Waals surface area contributed by atoms with Gasteiger partial charge in [-0.05, 0) is 65.7 Å². The Labute approximate surface area is 325 Å². The summed E-state index contributed by atoms with van der Waals surface area (Å²) in [6.45, 7) is 0. The maximum absolute atomic E-state index is 6.62. The van der Waals surface area contributed by atoms with Crippen molar-refractivity contribution in [2.75, 3.05) is 0 Å². The summed E-state index contributed by atoms with van der Waals surface area (Å²) in [5.74, 6) is 1.71. The van der Waals surface area contributed by atoms with Crippen molar-refractivity contribution < 1.29 is 8.83 Å². The average Bonchev–Trinajstić information content (AvgIpc) is 3.95. The lowest BCUT2D eigenvalue weighted by Crippen LogP contribution is -2.00. The van der Waals surface area contributed by atoms with Gasteiger partial charge in [0, 0.05) is 60.8 Å². The van der Waals surface area contributed by atoms with E-state index in [0.717, 1.165) is 88.4 Å². The number of nitrogens with zero attached hydrogens (tertiary/aromatic N) is 4. The lowest BCUT2D eigenvalue weighted by atomic mass is 10.0. The van der Waals surface area contributed by atoms with E-state index in [4.69, 9.17) is 23.8 Å². The molecule has 0 saturated carbocycles. The number of aromatic nitrogens is 4. The third kappa shape index (κ3) is 5.01. The van der Waals surface area contributed by atoms with Crippen LogP contribution in [0, 0.1) is 0 Å². The van der Waals surface area contributed by atoms with E-state index >= 15 is 0 Å². The van der Waals surface area contributed by atoms with Crippen molar-refractivity contribution in [3.05, 3.63) is 182 Å². The first-order valence-corrected chi connectivity index (χ1v) is 19.0. The highest BCUT2D eigenvalue weighted by molar-refractivity contribution is 6.13. The summed E-state index contributed by atoms with van der Waals surface area (Å²) in [5, 5.41) is 6.50. The SMILES string of the molecule is c1ccc(-c2ccc3c(c2)oc2cc(-c4nc(-c5ccccc5)nc(-c5cccc6oc7cc(-n8c9ccccc9c9ccccc98)ccc7c56)n4)ccc23)cc1. The first-order chi connectivity index (χ1) is 28.2. The molecule has 12 rings (SSSR count). The lowest BCUT2D eigenvalue weighted by Gasteiger charge is -2.09. The van der Waals surface area contributed by atoms with Gasteiger partial charge in [0.25, 0.3) is 0 Å². The predicted molar refractivity (Wildman–Crippen MR) is 230 cm³/mol. The quantitative estimate of drug-likeness (QED) is 0.176. The summed E-state index contributed by atoms with van der Waals surface area (Å²) < 4.78 is 15.4. The molecule has 0 saturated heterocycles. The van der Waals surface area contributed by atoms with E-state index in [1.165, 1.54) is 10.8 Å². The second-order valence-corrected chi connectivity index (χ2v) is 14.4. The molecule has 0 fully saturated rings. The molecule has 0 radical (unpaired) electrons. The molecule has 4 heterocycles. The van der Waals surface area contributed by atoms with Crippen molar-refractivity contribution in [2.45, 2.75) is 0 Å². The summed E-state index contributed by atoms with van der Waals surface area (Å²) in [5.41, 5.74) is 11.4. The summed E-state index contributed by atoms with van der Waals surface area (Å²) in [7, 11) is 0. The first kappa shape index (κ1) is 31.5. The molecule has 12 aromatic rings. The van der Waals surface area contributed by atoms with Gasteiger partial charge in [-0.2, -0.15) is 0 Å². The van der Waals surface area contributed by atoms with Crippen molar-refractivity contribution in [3.63, 3.8) is 0 Å². The van der Waals surface area contributed by atoms with Crippen LogP contribution in [0.4, 0.5) is 0 Å². The summed E-state index contributed by atoms with van der Waals surface area (Å²) in [4.78, 5) is 15.3. The molecule has 0 aliphatic heterocycles. The highest BCUT2D eigenvalue weighted by atomic mass is 16.3. The Hall–Kier alpha value is -7.83. The smallest absolute Gasteiger partial charge is 0.164 e. The van der Waals surface area contributed by atoms with Crippen LogP contribution in [0.2, 0.25) is 0 Å². The zero-order chi connectivity index (χ0) is 37.5. The van der Waals surface area contributed by atoms with Gasteiger partial charge in [-0.25, -0.2) is 15.0 Å². The Kier molecular flexibility index (Phi) is 6.83. The lowest BCUT2D eigenvalue weighted by molar-refractivity contribution is 0.668. The van der Waals surface area contributed by atoms with E-state index in [9.17, 15) is 0 Å². The van der Waals surface area contributed by atoms with Crippen LogP contribution in [-0.4, -0.2) is 19.5 Å². The fourth-order valence-electron chi connectivity index (χ4n) is 8.41. The number of hydrogen-bond acceptors (Lipinski definition) is 5. The minimum Gasteiger partial charge on any atom is -0.456 e. The zero-order valence-corrected chi connectivity index (χ0v) is 30.4. The molecule has 4 aromatic heterocycles. The largest absolute Gasteiger partial charge is 0.456 e. The van der Waals surface area contributed by atoms with Crippen molar-refractivity contribution in [1.29, 1.82) is 0 Å². The van der Waals surface area contributed by atoms with E-state index in [0.29, 0.717) is 17.5 Å². The van der Waals surface area contributed by atoms with Gasteiger partial charge in [-0.1, -0.05) is 121 Å². The minimum atomic E-state index is 0.560. The van der Waals surface area contributed by atoms with Gasteiger partial charge in [0.1, 0.15) is 22.3 Å². The molecule has 0 unspecified atom stereocenters. The van der Waals surface area contributed by atoms with E-state index < -0.39 is 0 Å². The molecule has 8 aromatic carbocycles. The van der Waals surface area contributed by atoms with Crippen LogP contribution in [0.15, 0.2) is 191 Å². The Bertz CT molecular complexity index is 3470. The average molecular weight is 731 g/mol. The van der Waals surface area contributed by atoms with Gasteiger partial charge in [0.05, 0.1) is 11.0 Å². The molecule has 0 aliphatic carbocycles. The predicted octanol–water partition coefficient (Wildman–Crippen LogP) is 13.4. The number of benzene rings is 8. The summed E-state index contributed by atoms with van der Waals surface area (Å²) in [6, 6.07) is 62.7. The first-order valence-electron chi connectivity index (χ1n) is 19.0. The second kappa shape index (κ2) is 12.3. The molecule has 6 nitrogen and oxygen atoms in total. The number of hydrogen-bond donors (Lipinski definition) is 0. The molecular weight excluding hydrogens is 701 g/mol. The fourth-order valence-corrected chi connectivity index (χ4v) is 8.41. The summed E-state index contributed by atoms with van der Waals surface area (Å²) in [6.07, 6.45) is 0. The Morgan fingerprint density at radius 1 is 0.333 bits per heavy atom. The van der Waals surface area contributed by atoms with Crippen molar-refractivity contribution in [3.8, 4) is 51.0 Å². The maximum atomic E-state index is 6.62. The number of fused-ring (bicyclic) bond motifs is 9. The third-order valence-corrected chi connectivity index (χ3v) is 11.1. The molecular formula is C51H30N4O2. The fraction of sp³-hybridized carbons (Fsp3) is 0. The van der Waals surface area contributed by atoms with Gasteiger partial charge in [0.15, 0.2) is 17.5 Å². The molecule has 0 aliphatic rings. The monoisotopic (exact) mass is 730 g/mol. The van der Waals surface area contributed by atoms with E-state index in [1.54, 1.807) is 0 Å². The van der Waals surface area contributed by atoms with Gasteiger partial charge in [-0.15, -0.1) is 0 Å². The highest BCUT2D eigenvalue weighted by Gasteiger charge is 2.20. The van der Waals surface area contributed by atoms with Crippen LogP contribution in [0.5, 0.6) is 0 Å². The molecule has 0 N–H and O–H groups in total. The Morgan fingerprint density at radius 3 is 1.60 bits per heavy atom. The number of furan rings is 2. The van der Waals surface area contributed by atoms with Gasteiger partial charge < -0.3 is 13.4 Å². The normalized spacial score (nSPS) is 11.9. The Morgan fingerprint density at radius 2 is 0.877 bits per heavy atom. The molecule has 6 heteroatoms. The van der Waals surface area contributed by atoms with Crippen molar-refractivity contribution >= 4 is 65.7 Å². The van der Waals surface area contributed by atoms with E-state index in [2.05, 4.69) is 132 Å². The minimum absolute atomic E-state index is 0.560. The molecule has 0 spiro atoms.